The van der Waals surface area contributed by atoms with E-state index in [1.807, 2.05) is 30.7 Å². The second kappa shape index (κ2) is 8.64. The number of para-hydroxylation sites is 1. The van der Waals surface area contributed by atoms with Crippen molar-refractivity contribution in [3.05, 3.63) is 72.1 Å². The fourth-order valence-corrected chi connectivity index (χ4v) is 3.41. The molecule has 0 saturated carbocycles. The highest BCUT2D eigenvalue weighted by Crippen LogP contribution is 2.24. The Kier molecular flexibility index (Phi) is 6.04. The summed E-state index contributed by atoms with van der Waals surface area (Å²) in [4.78, 5) is 16.6. The van der Waals surface area contributed by atoms with Crippen molar-refractivity contribution < 1.29 is 4.79 Å². The van der Waals surface area contributed by atoms with Gasteiger partial charge in [0.2, 0.25) is 5.91 Å². The zero-order valence-corrected chi connectivity index (χ0v) is 15.1. The van der Waals surface area contributed by atoms with Gasteiger partial charge in [-0.3, -0.25) is 9.69 Å². The number of likely N-dealkylation sites (tertiary alicyclic amines) is 1. The van der Waals surface area contributed by atoms with E-state index in [0.29, 0.717) is 17.2 Å². The van der Waals surface area contributed by atoms with Crippen molar-refractivity contribution in [2.75, 3.05) is 25.0 Å². The van der Waals surface area contributed by atoms with E-state index in [0.717, 1.165) is 32.5 Å². The van der Waals surface area contributed by atoms with Gasteiger partial charge in [0.05, 0.1) is 17.7 Å². The lowest BCUT2D eigenvalue weighted by molar-refractivity contribution is -0.116. The van der Waals surface area contributed by atoms with Crippen molar-refractivity contribution in [1.82, 2.24) is 4.90 Å². The standard InChI is InChI=1S/C22H24N3O/c1-24(21-10-6-5-9-20(21)16-23)22(26)15-18-11-13-25(14-12-18)17-19-7-3-2-4-8-19/h2-10,15,18H,11-14,17H2,1H3. The van der Waals surface area contributed by atoms with E-state index in [4.69, 9.17) is 0 Å². The summed E-state index contributed by atoms with van der Waals surface area (Å²) in [5.74, 6) is 0.264. The van der Waals surface area contributed by atoms with Gasteiger partial charge >= 0.3 is 0 Å². The maximum Gasteiger partial charge on any atom is 0.230 e. The summed E-state index contributed by atoms with van der Waals surface area (Å²) in [6.07, 6.45) is 3.81. The minimum absolute atomic E-state index is 0.0331. The molecular weight excluding hydrogens is 322 g/mol. The molecule has 4 heteroatoms. The molecule has 1 aliphatic rings. The van der Waals surface area contributed by atoms with Crippen molar-refractivity contribution in [3.8, 4) is 6.07 Å². The van der Waals surface area contributed by atoms with Gasteiger partial charge < -0.3 is 4.90 Å². The molecule has 1 fully saturated rings. The molecule has 0 atom stereocenters. The van der Waals surface area contributed by atoms with Gasteiger partial charge in [0.1, 0.15) is 6.07 Å². The van der Waals surface area contributed by atoms with Gasteiger partial charge in [-0.25, -0.2) is 0 Å². The Morgan fingerprint density at radius 3 is 2.50 bits per heavy atom. The molecule has 1 aliphatic heterocycles. The van der Waals surface area contributed by atoms with Crippen LogP contribution in [-0.4, -0.2) is 30.9 Å². The van der Waals surface area contributed by atoms with E-state index in [9.17, 15) is 10.1 Å². The molecule has 2 aromatic rings. The number of nitriles is 1. The monoisotopic (exact) mass is 346 g/mol. The fourth-order valence-electron chi connectivity index (χ4n) is 3.41. The average Bonchev–Trinajstić information content (AvgIpc) is 2.69. The highest BCUT2D eigenvalue weighted by atomic mass is 16.2. The van der Waals surface area contributed by atoms with E-state index in [-0.39, 0.29) is 5.91 Å². The number of piperidine rings is 1. The third-order valence-corrected chi connectivity index (χ3v) is 4.98. The van der Waals surface area contributed by atoms with Crippen LogP contribution in [-0.2, 0) is 11.3 Å². The summed E-state index contributed by atoms with van der Waals surface area (Å²) < 4.78 is 0. The summed E-state index contributed by atoms with van der Waals surface area (Å²) in [5.41, 5.74) is 2.52. The Labute approximate surface area is 155 Å². The smallest absolute Gasteiger partial charge is 0.230 e. The van der Waals surface area contributed by atoms with Gasteiger partial charge in [-0.05, 0) is 49.5 Å². The normalized spacial score (nSPS) is 15.4. The zero-order chi connectivity index (χ0) is 18.4. The minimum atomic E-state index is -0.0331. The molecule has 0 aromatic heterocycles. The van der Waals surface area contributed by atoms with Crippen molar-refractivity contribution in [3.63, 3.8) is 0 Å². The Balaban J connectivity index is 1.51. The van der Waals surface area contributed by atoms with Crippen molar-refractivity contribution >= 4 is 11.6 Å². The summed E-state index contributed by atoms with van der Waals surface area (Å²) in [5, 5.41) is 9.22. The summed E-state index contributed by atoms with van der Waals surface area (Å²) in [7, 11) is 1.74. The topological polar surface area (TPSA) is 47.3 Å². The van der Waals surface area contributed by atoms with E-state index in [2.05, 4.69) is 35.2 Å². The minimum Gasteiger partial charge on any atom is -0.314 e. The van der Waals surface area contributed by atoms with Crippen LogP contribution in [0.15, 0.2) is 54.6 Å². The van der Waals surface area contributed by atoms with Crippen LogP contribution in [0.25, 0.3) is 0 Å². The van der Waals surface area contributed by atoms with Gasteiger partial charge in [-0.2, -0.15) is 5.26 Å². The summed E-state index contributed by atoms with van der Waals surface area (Å²) >= 11 is 0. The van der Waals surface area contributed by atoms with Crippen molar-refractivity contribution in [1.29, 1.82) is 5.26 Å². The zero-order valence-electron chi connectivity index (χ0n) is 15.1. The molecule has 1 amide bonds. The molecule has 0 unspecified atom stereocenters. The molecule has 1 heterocycles. The van der Waals surface area contributed by atoms with Crippen LogP contribution in [0.3, 0.4) is 0 Å². The second-order valence-electron chi connectivity index (χ2n) is 6.79. The first-order chi connectivity index (χ1) is 12.7. The summed E-state index contributed by atoms with van der Waals surface area (Å²) in [6, 6.07) is 19.9. The molecule has 0 bridgehead atoms. The molecule has 133 valence electrons. The lowest BCUT2D eigenvalue weighted by Gasteiger charge is -2.32. The third kappa shape index (κ3) is 4.50. The molecule has 4 nitrogen and oxygen atoms in total. The van der Waals surface area contributed by atoms with Gasteiger partial charge in [-0.1, -0.05) is 42.5 Å². The Morgan fingerprint density at radius 1 is 1.15 bits per heavy atom. The fraction of sp³-hybridized carbons (Fsp3) is 0.318. The van der Waals surface area contributed by atoms with Crippen LogP contribution in [0.4, 0.5) is 5.69 Å². The maximum atomic E-state index is 12.6. The molecule has 1 radical (unpaired) electrons. The number of benzene rings is 2. The predicted octanol–water partition coefficient (Wildman–Crippen LogP) is 3.64. The number of nitrogens with zero attached hydrogens (tertiary/aromatic N) is 3. The first kappa shape index (κ1) is 18.2. The maximum absolute atomic E-state index is 12.6. The molecule has 0 N–H and O–H groups in total. The van der Waals surface area contributed by atoms with E-state index in [1.165, 1.54) is 5.56 Å². The average molecular weight is 346 g/mol. The number of carbonyl (C=O) groups is 1. The number of hydrogen-bond donors (Lipinski definition) is 0. The van der Waals surface area contributed by atoms with Crippen molar-refractivity contribution in [2.45, 2.75) is 19.4 Å². The van der Waals surface area contributed by atoms with Gasteiger partial charge in [0.15, 0.2) is 0 Å². The van der Waals surface area contributed by atoms with E-state index in [1.54, 1.807) is 18.0 Å². The molecule has 1 saturated heterocycles. The predicted molar refractivity (Wildman–Crippen MR) is 103 cm³/mol. The van der Waals surface area contributed by atoms with Crippen molar-refractivity contribution in [2.24, 2.45) is 5.92 Å². The number of amides is 1. The van der Waals surface area contributed by atoms with Crippen LogP contribution in [0.1, 0.15) is 24.0 Å². The molecule has 0 spiro atoms. The molecule has 3 rings (SSSR count). The number of anilines is 1. The van der Waals surface area contributed by atoms with Crippen LogP contribution < -0.4 is 4.90 Å². The van der Waals surface area contributed by atoms with Crippen LogP contribution in [0.2, 0.25) is 0 Å². The Bertz CT molecular complexity index is 773. The van der Waals surface area contributed by atoms with Crippen LogP contribution in [0.5, 0.6) is 0 Å². The highest BCUT2D eigenvalue weighted by Gasteiger charge is 2.24. The molecular formula is C22H24N3O. The Hall–Kier alpha value is -2.64. The number of carbonyl (C=O) groups excluding carboxylic acids is 1. The Morgan fingerprint density at radius 2 is 1.81 bits per heavy atom. The van der Waals surface area contributed by atoms with Crippen LogP contribution in [0, 0.1) is 23.7 Å². The second-order valence-corrected chi connectivity index (χ2v) is 6.79. The first-order valence-electron chi connectivity index (χ1n) is 9.05. The largest absolute Gasteiger partial charge is 0.314 e. The van der Waals surface area contributed by atoms with Gasteiger partial charge in [0.25, 0.3) is 0 Å². The van der Waals surface area contributed by atoms with E-state index >= 15 is 0 Å². The lowest BCUT2D eigenvalue weighted by Crippen LogP contribution is -2.36. The first-order valence-corrected chi connectivity index (χ1v) is 9.05. The molecule has 26 heavy (non-hydrogen) atoms. The highest BCUT2D eigenvalue weighted by molar-refractivity contribution is 6.00. The summed E-state index contributed by atoms with van der Waals surface area (Å²) in [6.45, 7) is 2.97. The lowest BCUT2D eigenvalue weighted by atomic mass is 9.92. The van der Waals surface area contributed by atoms with Gasteiger partial charge in [0, 0.05) is 13.6 Å². The number of rotatable bonds is 5. The number of hydrogen-bond acceptors (Lipinski definition) is 3. The molecule has 2 aromatic carbocycles. The van der Waals surface area contributed by atoms with Gasteiger partial charge in [-0.15, -0.1) is 0 Å². The van der Waals surface area contributed by atoms with Crippen LogP contribution >= 0.6 is 0 Å². The quantitative estimate of drug-likeness (QED) is 0.830. The SMILES string of the molecule is CN(C(=O)[CH]C1CCN(Cc2ccccc2)CC1)c1ccccc1C#N. The van der Waals surface area contributed by atoms with E-state index < -0.39 is 0 Å². The molecule has 0 aliphatic carbocycles. The third-order valence-electron chi connectivity index (χ3n) is 4.98.